The van der Waals surface area contributed by atoms with Crippen LogP contribution in [0, 0.1) is 0 Å². The number of benzene rings is 8. The molecule has 0 bridgehead atoms. The summed E-state index contributed by atoms with van der Waals surface area (Å²) in [7, 11) is 0. The predicted octanol–water partition coefficient (Wildman–Crippen LogP) is 12.7. The molecule has 5 nitrogen and oxygen atoms in total. The summed E-state index contributed by atoms with van der Waals surface area (Å²) in [4.78, 5) is 15.3. The number of para-hydroxylation sites is 2. The van der Waals surface area contributed by atoms with Crippen LogP contribution in [0.3, 0.4) is 0 Å². The lowest BCUT2D eigenvalue weighted by molar-refractivity contribution is 0.669. The number of nitrogens with zero attached hydrogens (tertiary/aromatic N) is 4. The lowest BCUT2D eigenvalue weighted by atomic mass is 9.97. The van der Waals surface area contributed by atoms with E-state index in [0.717, 1.165) is 55.4 Å². The van der Waals surface area contributed by atoms with E-state index in [1.807, 2.05) is 78.9 Å². The Morgan fingerprint density at radius 2 is 1.00 bits per heavy atom. The smallest absolute Gasteiger partial charge is 0.164 e. The first kappa shape index (κ1) is 30.3. The molecule has 252 valence electrons. The minimum absolute atomic E-state index is 0.589. The molecule has 0 N–H and O–H groups in total. The van der Waals surface area contributed by atoms with Crippen molar-refractivity contribution in [3.05, 3.63) is 182 Å². The minimum Gasteiger partial charge on any atom is -0.456 e. The number of furan rings is 1. The number of hydrogen-bond donors (Lipinski definition) is 0. The molecule has 11 aromatic rings. The normalized spacial score (nSPS) is 11.7. The summed E-state index contributed by atoms with van der Waals surface area (Å²) in [5, 5.41) is 6.98. The molecule has 0 saturated heterocycles. The second kappa shape index (κ2) is 12.1. The zero-order chi connectivity index (χ0) is 35.6. The van der Waals surface area contributed by atoms with E-state index < -0.39 is 0 Å². The van der Waals surface area contributed by atoms with E-state index in [4.69, 9.17) is 19.4 Å². The topological polar surface area (TPSA) is 56.7 Å². The fourth-order valence-corrected chi connectivity index (χ4v) is 7.97. The van der Waals surface area contributed by atoms with Crippen LogP contribution in [-0.2, 0) is 0 Å². The van der Waals surface area contributed by atoms with E-state index in [1.54, 1.807) is 0 Å². The number of fused-ring (bicyclic) bond motifs is 8. The Labute approximate surface area is 310 Å². The molecule has 0 atom stereocenters. The lowest BCUT2D eigenvalue weighted by Crippen LogP contribution is -2.00. The maximum Gasteiger partial charge on any atom is 0.164 e. The van der Waals surface area contributed by atoms with Crippen LogP contribution in [0.25, 0.3) is 105 Å². The second-order valence-electron chi connectivity index (χ2n) is 13.6. The third kappa shape index (κ3) is 4.83. The van der Waals surface area contributed by atoms with Crippen LogP contribution in [0.5, 0.6) is 0 Å². The zero-order valence-corrected chi connectivity index (χ0v) is 29.0. The summed E-state index contributed by atoms with van der Waals surface area (Å²) in [6.45, 7) is 0. The molecule has 0 aliphatic carbocycles. The first-order valence-electron chi connectivity index (χ1n) is 18.1. The van der Waals surface area contributed by atoms with Gasteiger partial charge in [-0.2, -0.15) is 0 Å². The molecular formula is C49H30N4O. The Kier molecular flexibility index (Phi) is 6.79. The molecule has 3 aromatic heterocycles. The van der Waals surface area contributed by atoms with Gasteiger partial charge in [0, 0.05) is 43.9 Å². The van der Waals surface area contributed by atoms with Gasteiger partial charge in [0.05, 0.1) is 11.0 Å². The van der Waals surface area contributed by atoms with Gasteiger partial charge in [0.15, 0.2) is 17.5 Å². The number of aromatic nitrogens is 4. The van der Waals surface area contributed by atoms with Gasteiger partial charge in [-0.05, 0) is 64.4 Å². The minimum atomic E-state index is 0.589. The molecule has 0 unspecified atom stereocenters. The molecule has 0 aliphatic rings. The summed E-state index contributed by atoms with van der Waals surface area (Å²) < 4.78 is 8.97. The van der Waals surface area contributed by atoms with E-state index in [2.05, 4.69) is 108 Å². The average molecular weight is 691 g/mol. The molecule has 8 aromatic carbocycles. The summed E-state index contributed by atoms with van der Waals surface area (Å²) in [6.07, 6.45) is 0. The highest BCUT2D eigenvalue weighted by atomic mass is 16.3. The van der Waals surface area contributed by atoms with E-state index in [9.17, 15) is 0 Å². The first-order valence-corrected chi connectivity index (χ1v) is 18.1. The standard InChI is InChI=1S/C49H30N4O/c1-3-15-32(16-4-1)47-50-48(33-17-5-2-6-18-33)52-49(51-47)40-29-35(30-44-46(40)39-23-10-12-25-43(39)54-44)34-19-13-20-36(28-34)53-41-24-11-9-22-38(41)45-37-21-8-7-14-31(37)26-27-42(45)53/h1-30H. The van der Waals surface area contributed by atoms with Crippen molar-refractivity contribution in [2.45, 2.75) is 0 Å². The van der Waals surface area contributed by atoms with Crippen LogP contribution < -0.4 is 0 Å². The van der Waals surface area contributed by atoms with Gasteiger partial charge in [-0.3, -0.25) is 0 Å². The fourth-order valence-electron chi connectivity index (χ4n) is 7.97. The van der Waals surface area contributed by atoms with E-state index in [0.29, 0.717) is 17.5 Å². The van der Waals surface area contributed by atoms with Crippen LogP contribution >= 0.6 is 0 Å². The Bertz CT molecular complexity index is 3160. The first-order chi connectivity index (χ1) is 26.8. The SMILES string of the molecule is c1ccc(-c2nc(-c3ccccc3)nc(-c3cc(-c4cccc(-n5c6ccccc6c6c7ccccc7ccc65)c4)cc4oc5ccccc5c34)n2)cc1. The largest absolute Gasteiger partial charge is 0.456 e. The zero-order valence-electron chi connectivity index (χ0n) is 29.0. The van der Waals surface area contributed by atoms with Crippen LogP contribution in [0.2, 0.25) is 0 Å². The Hall–Kier alpha value is -7.37. The van der Waals surface area contributed by atoms with Gasteiger partial charge in [-0.25, -0.2) is 15.0 Å². The second-order valence-corrected chi connectivity index (χ2v) is 13.6. The van der Waals surface area contributed by atoms with Gasteiger partial charge >= 0.3 is 0 Å². The molecule has 3 heterocycles. The van der Waals surface area contributed by atoms with Crippen LogP contribution in [-0.4, -0.2) is 19.5 Å². The summed E-state index contributed by atoms with van der Waals surface area (Å²) in [5.74, 6) is 1.82. The van der Waals surface area contributed by atoms with Crippen LogP contribution in [0.4, 0.5) is 0 Å². The molecule has 54 heavy (non-hydrogen) atoms. The van der Waals surface area contributed by atoms with Gasteiger partial charge in [0.1, 0.15) is 11.2 Å². The number of hydrogen-bond acceptors (Lipinski definition) is 4. The van der Waals surface area contributed by atoms with Gasteiger partial charge in [-0.1, -0.05) is 140 Å². The number of rotatable bonds is 5. The van der Waals surface area contributed by atoms with E-state index in [-0.39, 0.29) is 0 Å². The van der Waals surface area contributed by atoms with Crippen molar-refractivity contribution < 1.29 is 4.42 Å². The van der Waals surface area contributed by atoms with Gasteiger partial charge in [-0.15, -0.1) is 0 Å². The van der Waals surface area contributed by atoms with Crippen molar-refractivity contribution in [3.8, 4) is 51.0 Å². The van der Waals surface area contributed by atoms with Gasteiger partial charge in [0.25, 0.3) is 0 Å². The van der Waals surface area contributed by atoms with Crippen molar-refractivity contribution in [2.24, 2.45) is 0 Å². The van der Waals surface area contributed by atoms with Crippen molar-refractivity contribution in [1.82, 2.24) is 19.5 Å². The quantitative estimate of drug-likeness (QED) is 0.180. The molecule has 0 saturated carbocycles. The molecule has 5 heteroatoms. The summed E-state index contributed by atoms with van der Waals surface area (Å²) in [5.41, 5.74) is 9.82. The van der Waals surface area contributed by atoms with Crippen molar-refractivity contribution in [3.63, 3.8) is 0 Å². The van der Waals surface area contributed by atoms with E-state index >= 15 is 0 Å². The molecule has 0 amide bonds. The highest BCUT2D eigenvalue weighted by Crippen LogP contribution is 2.41. The average Bonchev–Trinajstić information content (AvgIpc) is 3.80. The van der Waals surface area contributed by atoms with Crippen LogP contribution in [0.15, 0.2) is 186 Å². The summed E-state index contributed by atoms with van der Waals surface area (Å²) in [6, 6.07) is 63.3. The molecule has 0 radical (unpaired) electrons. The maximum absolute atomic E-state index is 6.59. The Morgan fingerprint density at radius 3 is 1.78 bits per heavy atom. The monoisotopic (exact) mass is 690 g/mol. The third-order valence-electron chi connectivity index (χ3n) is 10.4. The molecule has 0 aliphatic heterocycles. The molecule has 0 spiro atoms. The molecular weight excluding hydrogens is 661 g/mol. The maximum atomic E-state index is 6.59. The van der Waals surface area contributed by atoms with E-state index in [1.165, 1.54) is 32.6 Å². The van der Waals surface area contributed by atoms with Crippen LogP contribution in [0.1, 0.15) is 0 Å². The molecule has 11 rings (SSSR count). The third-order valence-corrected chi connectivity index (χ3v) is 10.4. The Balaban J connectivity index is 1.16. The lowest BCUT2D eigenvalue weighted by Gasteiger charge is -2.13. The molecule has 0 fully saturated rings. The Morgan fingerprint density at radius 1 is 0.370 bits per heavy atom. The van der Waals surface area contributed by atoms with Crippen molar-refractivity contribution in [1.29, 1.82) is 0 Å². The summed E-state index contributed by atoms with van der Waals surface area (Å²) >= 11 is 0. The van der Waals surface area contributed by atoms with Gasteiger partial charge < -0.3 is 8.98 Å². The fraction of sp³-hybridized carbons (Fsp3) is 0. The van der Waals surface area contributed by atoms with Crippen molar-refractivity contribution in [2.75, 3.05) is 0 Å². The highest BCUT2D eigenvalue weighted by molar-refractivity contribution is 6.21. The van der Waals surface area contributed by atoms with Crippen molar-refractivity contribution >= 4 is 54.5 Å². The highest BCUT2D eigenvalue weighted by Gasteiger charge is 2.21. The van der Waals surface area contributed by atoms with Gasteiger partial charge in [0.2, 0.25) is 0 Å². The predicted molar refractivity (Wildman–Crippen MR) is 221 cm³/mol.